The van der Waals surface area contributed by atoms with Crippen LogP contribution in [-0.2, 0) is 4.79 Å². The molecule has 0 spiro atoms. The summed E-state index contributed by atoms with van der Waals surface area (Å²) in [5.74, 6) is 0.476. The smallest absolute Gasteiger partial charge is 0.226 e. The first-order chi connectivity index (χ1) is 10.6. The zero-order valence-corrected chi connectivity index (χ0v) is 14.4. The fraction of sp³-hybridized carbons (Fsp3) is 0.188. The van der Waals surface area contributed by atoms with Crippen molar-refractivity contribution >= 4 is 44.8 Å². The van der Waals surface area contributed by atoms with Gasteiger partial charge in [0.2, 0.25) is 5.91 Å². The molecule has 4 nitrogen and oxygen atoms in total. The van der Waals surface area contributed by atoms with E-state index in [4.69, 9.17) is 16.3 Å². The number of carbonyl (C=O) groups is 1. The maximum absolute atomic E-state index is 12.0. The molecule has 0 bridgehead atoms. The van der Waals surface area contributed by atoms with Crippen molar-refractivity contribution in [3.05, 3.63) is 52.0 Å². The van der Waals surface area contributed by atoms with E-state index in [0.29, 0.717) is 29.4 Å². The van der Waals surface area contributed by atoms with Crippen LogP contribution in [0.1, 0.15) is 6.42 Å². The quantitative estimate of drug-likeness (QED) is 0.769. The van der Waals surface area contributed by atoms with Crippen molar-refractivity contribution in [2.45, 2.75) is 6.42 Å². The molecule has 2 N–H and O–H groups in total. The summed E-state index contributed by atoms with van der Waals surface area (Å²) in [7, 11) is 1.55. The van der Waals surface area contributed by atoms with Gasteiger partial charge in [0.15, 0.2) is 0 Å². The number of amides is 1. The molecule has 6 heteroatoms. The molecule has 0 aliphatic heterocycles. The molecular formula is C16H16BrClN2O2. The van der Waals surface area contributed by atoms with Gasteiger partial charge in [-0.25, -0.2) is 0 Å². The van der Waals surface area contributed by atoms with E-state index in [-0.39, 0.29) is 5.91 Å². The maximum atomic E-state index is 12.0. The lowest BCUT2D eigenvalue weighted by atomic mass is 10.2. The number of benzene rings is 2. The van der Waals surface area contributed by atoms with Gasteiger partial charge in [0, 0.05) is 28.1 Å². The number of rotatable bonds is 6. The number of halogens is 2. The summed E-state index contributed by atoms with van der Waals surface area (Å²) < 4.78 is 6.21. The van der Waals surface area contributed by atoms with Crippen LogP contribution < -0.4 is 15.4 Å². The summed E-state index contributed by atoms with van der Waals surface area (Å²) in [5, 5.41) is 6.54. The second-order valence-corrected chi connectivity index (χ2v) is 5.93. The Bertz CT molecular complexity index is 647. The molecule has 1 amide bonds. The van der Waals surface area contributed by atoms with Gasteiger partial charge in [-0.2, -0.15) is 0 Å². The van der Waals surface area contributed by atoms with Gasteiger partial charge in [0.05, 0.1) is 12.8 Å². The first-order valence-corrected chi connectivity index (χ1v) is 7.88. The Kier molecular flexibility index (Phi) is 6.10. The highest BCUT2D eigenvalue weighted by atomic mass is 79.9. The summed E-state index contributed by atoms with van der Waals surface area (Å²) in [6, 6.07) is 12.9. The average molecular weight is 384 g/mol. The van der Waals surface area contributed by atoms with Crippen LogP contribution in [0.2, 0.25) is 5.02 Å². The number of ether oxygens (including phenoxy) is 1. The lowest BCUT2D eigenvalue weighted by Crippen LogP contribution is -2.16. The van der Waals surface area contributed by atoms with Crippen LogP contribution in [-0.4, -0.2) is 19.6 Å². The minimum Gasteiger partial charge on any atom is -0.495 e. The van der Waals surface area contributed by atoms with Gasteiger partial charge in [-0.1, -0.05) is 27.5 Å². The van der Waals surface area contributed by atoms with Crippen molar-refractivity contribution in [2.75, 3.05) is 24.3 Å². The lowest BCUT2D eigenvalue weighted by Gasteiger charge is -2.11. The normalized spacial score (nSPS) is 10.1. The predicted molar refractivity (Wildman–Crippen MR) is 93.9 cm³/mol. The number of methoxy groups -OCH3 is 1. The molecule has 116 valence electrons. The highest BCUT2D eigenvalue weighted by Crippen LogP contribution is 2.27. The third kappa shape index (κ3) is 4.93. The van der Waals surface area contributed by atoms with E-state index in [1.807, 2.05) is 24.3 Å². The molecule has 0 aliphatic carbocycles. The first-order valence-electron chi connectivity index (χ1n) is 6.71. The number of nitrogens with one attached hydrogen (secondary N) is 2. The molecule has 0 atom stereocenters. The molecule has 0 unspecified atom stereocenters. The number of hydrogen-bond donors (Lipinski definition) is 2. The highest BCUT2D eigenvalue weighted by Gasteiger charge is 2.08. The monoisotopic (exact) mass is 382 g/mol. The molecule has 2 aromatic rings. The fourth-order valence-corrected chi connectivity index (χ4v) is 2.32. The summed E-state index contributed by atoms with van der Waals surface area (Å²) in [4.78, 5) is 12.0. The molecule has 2 rings (SSSR count). The third-order valence-electron chi connectivity index (χ3n) is 2.96. The van der Waals surface area contributed by atoms with Crippen LogP contribution in [0.15, 0.2) is 46.9 Å². The summed E-state index contributed by atoms with van der Waals surface area (Å²) in [6.07, 6.45) is 0.339. The van der Waals surface area contributed by atoms with E-state index >= 15 is 0 Å². The molecule has 0 aromatic heterocycles. The van der Waals surface area contributed by atoms with Gasteiger partial charge in [-0.05, 0) is 42.5 Å². The van der Waals surface area contributed by atoms with Crippen LogP contribution in [0, 0.1) is 0 Å². The average Bonchev–Trinajstić information content (AvgIpc) is 2.49. The van der Waals surface area contributed by atoms with Crippen molar-refractivity contribution in [3.8, 4) is 5.75 Å². The Morgan fingerprint density at radius 1 is 1.23 bits per heavy atom. The Balaban J connectivity index is 1.85. The van der Waals surface area contributed by atoms with Crippen molar-refractivity contribution in [1.82, 2.24) is 0 Å². The molecule has 0 heterocycles. The third-order valence-corrected chi connectivity index (χ3v) is 3.72. The predicted octanol–water partition coefficient (Wildman–Crippen LogP) is 4.55. The van der Waals surface area contributed by atoms with Crippen LogP contribution in [0.3, 0.4) is 0 Å². The van der Waals surface area contributed by atoms with Crippen LogP contribution in [0.25, 0.3) is 0 Å². The van der Waals surface area contributed by atoms with Crippen molar-refractivity contribution in [1.29, 1.82) is 0 Å². The van der Waals surface area contributed by atoms with Crippen LogP contribution >= 0.6 is 27.5 Å². The second-order valence-electron chi connectivity index (χ2n) is 4.58. The van der Waals surface area contributed by atoms with Gasteiger partial charge >= 0.3 is 0 Å². The second kappa shape index (κ2) is 8.06. The molecule has 2 aromatic carbocycles. The van der Waals surface area contributed by atoms with E-state index in [9.17, 15) is 4.79 Å². The zero-order valence-electron chi connectivity index (χ0n) is 12.0. The van der Waals surface area contributed by atoms with E-state index in [2.05, 4.69) is 26.6 Å². The molecular weight excluding hydrogens is 368 g/mol. The summed E-state index contributed by atoms with van der Waals surface area (Å²) in [6.45, 7) is 0.538. The van der Waals surface area contributed by atoms with Crippen molar-refractivity contribution in [3.63, 3.8) is 0 Å². The fourth-order valence-electron chi connectivity index (χ4n) is 1.88. The minimum absolute atomic E-state index is 0.106. The zero-order chi connectivity index (χ0) is 15.9. The largest absolute Gasteiger partial charge is 0.495 e. The highest BCUT2D eigenvalue weighted by molar-refractivity contribution is 9.10. The van der Waals surface area contributed by atoms with Crippen molar-refractivity contribution < 1.29 is 9.53 Å². The molecule has 22 heavy (non-hydrogen) atoms. The van der Waals surface area contributed by atoms with Gasteiger partial charge < -0.3 is 15.4 Å². The van der Waals surface area contributed by atoms with E-state index < -0.39 is 0 Å². The molecule has 0 aliphatic rings. The lowest BCUT2D eigenvalue weighted by molar-refractivity contribution is -0.115. The maximum Gasteiger partial charge on any atom is 0.226 e. The van der Waals surface area contributed by atoms with E-state index in [1.54, 1.807) is 25.3 Å². The van der Waals surface area contributed by atoms with Crippen LogP contribution in [0.4, 0.5) is 11.4 Å². The van der Waals surface area contributed by atoms with Gasteiger partial charge in [0.1, 0.15) is 5.75 Å². The van der Waals surface area contributed by atoms with Crippen molar-refractivity contribution in [2.24, 2.45) is 0 Å². The SMILES string of the molecule is COc1ccc(Cl)cc1NC(=O)CCNc1ccc(Br)cc1. The molecule has 0 fully saturated rings. The number of anilines is 2. The summed E-state index contributed by atoms with van der Waals surface area (Å²) in [5.41, 5.74) is 1.54. The number of hydrogen-bond acceptors (Lipinski definition) is 3. The van der Waals surface area contributed by atoms with Gasteiger partial charge in [0.25, 0.3) is 0 Å². The Morgan fingerprint density at radius 3 is 2.64 bits per heavy atom. The summed E-state index contributed by atoms with van der Waals surface area (Å²) >= 11 is 9.31. The molecule has 0 saturated heterocycles. The Labute approximate surface area is 142 Å². The Morgan fingerprint density at radius 2 is 1.95 bits per heavy atom. The van der Waals surface area contributed by atoms with E-state index in [0.717, 1.165) is 10.2 Å². The minimum atomic E-state index is -0.106. The first kappa shape index (κ1) is 16.6. The molecule has 0 saturated carbocycles. The van der Waals surface area contributed by atoms with Crippen LogP contribution in [0.5, 0.6) is 5.75 Å². The Hall–Kier alpha value is -1.72. The number of carbonyl (C=O) groups excluding carboxylic acids is 1. The topological polar surface area (TPSA) is 50.4 Å². The van der Waals surface area contributed by atoms with Gasteiger partial charge in [-0.15, -0.1) is 0 Å². The molecule has 0 radical (unpaired) electrons. The van der Waals surface area contributed by atoms with E-state index in [1.165, 1.54) is 0 Å². The standard InChI is InChI=1S/C16H16BrClN2O2/c1-22-15-7-4-12(18)10-14(15)20-16(21)8-9-19-13-5-2-11(17)3-6-13/h2-7,10,19H,8-9H2,1H3,(H,20,21). The van der Waals surface area contributed by atoms with Gasteiger partial charge in [-0.3, -0.25) is 4.79 Å².